The monoisotopic (exact) mass is 308 g/mol. The van der Waals surface area contributed by atoms with Crippen LogP contribution < -0.4 is 10.6 Å². The molecule has 114 valence electrons. The molecule has 21 heavy (non-hydrogen) atoms. The van der Waals surface area contributed by atoms with Crippen molar-refractivity contribution in [2.24, 2.45) is 0 Å². The van der Waals surface area contributed by atoms with Crippen LogP contribution in [0.15, 0.2) is 30.3 Å². The second-order valence-electron chi connectivity index (χ2n) is 5.01. The smallest absolute Gasteiger partial charge is 0.330 e. The van der Waals surface area contributed by atoms with Gasteiger partial charge in [0.05, 0.1) is 5.75 Å². The summed E-state index contributed by atoms with van der Waals surface area (Å²) in [6.45, 7) is 1.97. The van der Waals surface area contributed by atoms with Gasteiger partial charge in [0.25, 0.3) is 0 Å². The number of nitrogens with one attached hydrogen (secondary N) is 2. The summed E-state index contributed by atoms with van der Waals surface area (Å²) < 4.78 is 0. The largest absolute Gasteiger partial charge is 0.479 e. The highest BCUT2D eigenvalue weighted by Gasteiger charge is 2.22. The number of carbonyl (C=O) groups excluding carboxylic acids is 1. The molecule has 0 saturated carbocycles. The van der Waals surface area contributed by atoms with Gasteiger partial charge < -0.3 is 15.7 Å². The van der Waals surface area contributed by atoms with Crippen LogP contribution >= 0.6 is 11.8 Å². The summed E-state index contributed by atoms with van der Waals surface area (Å²) in [4.78, 5) is 23.3. The van der Waals surface area contributed by atoms with Crippen LogP contribution in [0.1, 0.15) is 24.4 Å². The first kappa shape index (κ1) is 15.9. The maximum atomic E-state index is 12.0. The fraction of sp³-hybridized carbons (Fsp3) is 0.467. The van der Waals surface area contributed by atoms with Crippen molar-refractivity contribution in [1.82, 2.24) is 10.6 Å². The van der Waals surface area contributed by atoms with Crippen LogP contribution in [0.5, 0.6) is 0 Å². The lowest BCUT2D eigenvalue weighted by atomic mass is 10.1. The average Bonchev–Trinajstić information content (AvgIpc) is 2.52. The van der Waals surface area contributed by atoms with E-state index >= 15 is 0 Å². The minimum Gasteiger partial charge on any atom is -0.479 e. The Balaban J connectivity index is 1.85. The third-order valence-electron chi connectivity index (χ3n) is 3.42. The van der Waals surface area contributed by atoms with E-state index in [0.29, 0.717) is 16.6 Å². The zero-order chi connectivity index (χ0) is 15.1. The zero-order valence-corrected chi connectivity index (χ0v) is 12.6. The van der Waals surface area contributed by atoms with Gasteiger partial charge in [0.2, 0.25) is 5.91 Å². The highest BCUT2D eigenvalue weighted by atomic mass is 32.2. The summed E-state index contributed by atoms with van der Waals surface area (Å²) in [5, 5.41) is 15.6. The number of thioether (sulfide) groups is 1. The zero-order valence-electron chi connectivity index (χ0n) is 11.7. The molecule has 1 atom stereocenters. The number of aliphatic carboxylic acids is 1. The molecule has 1 aromatic carbocycles. The van der Waals surface area contributed by atoms with E-state index in [4.69, 9.17) is 0 Å². The summed E-state index contributed by atoms with van der Waals surface area (Å²) in [6, 6.07) is 7.78. The van der Waals surface area contributed by atoms with E-state index in [1.165, 1.54) is 0 Å². The highest BCUT2D eigenvalue weighted by Crippen LogP contribution is 2.20. The number of piperidine rings is 1. The number of carbonyl (C=O) groups is 2. The highest BCUT2D eigenvalue weighted by molar-refractivity contribution is 8.00. The van der Waals surface area contributed by atoms with Gasteiger partial charge in [0, 0.05) is 5.25 Å². The number of hydrogen-bond acceptors (Lipinski definition) is 4. The van der Waals surface area contributed by atoms with Crippen molar-refractivity contribution in [1.29, 1.82) is 0 Å². The lowest BCUT2D eigenvalue weighted by molar-refractivity contribution is -0.141. The van der Waals surface area contributed by atoms with Crippen molar-refractivity contribution in [3.63, 3.8) is 0 Å². The topological polar surface area (TPSA) is 78.4 Å². The molecule has 0 aliphatic carbocycles. The molecule has 3 N–H and O–H groups in total. The molecule has 1 amide bonds. The Bertz CT molecular complexity index is 475. The van der Waals surface area contributed by atoms with Gasteiger partial charge >= 0.3 is 5.97 Å². The Morgan fingerprint density at radius 1 is 1.29 bits per heavy atom. The van der Waals surface area contributed by atoms with Crippen molar-refractivity contribution >= 4 is 23.6 Å². The van der Waals surface area contributed by atoms with Gasteiger partial charge in [-0.3, -0.25) is 4.79 Å². The van der Waals surface area contributed by atoms with Crippen LogP contribution in [-0.4, -0.2) is 41.1 Å². The van der Waals surface area contributed by atoms with E-state index in [9.17, 15) is 14.7 Å². The third kappa shape index (κ3) is 5.06. The molecule has 1 aliphatic heterocycles. The minimum atomic E-state index is -1.04. The van der Waals surface area contributed by atoms with E-state index in [1.54, 1.807) is 36.0 Å². The van der Waals surface area contributed by atoms with Crippen LogP contribution in [-0.2, 0) is 9.59 Å². The van der Waals surface area contributed by atoms with Crippen LogP contribution in [0, 0.1) is 0 Å². The quantitative estimate of drug-likeness (QED) is 0.741. The lowest BCUT2D eigenvalue weighted by Gasteiger charge is -2.22. The van der Waals surface area contributed by atoms with Crippen LogP contribution in [0.25, 0.3) is 0 Å². The normalized spacial score (nSPS) is 17.1. The first-order valence-corrected chi connectivity index (χ1v) is 8.11. The molecule has 0 aromatic heterocycles. The van der Waals surface area contributed by atoms with E-state index in [1.807, 2.05) is 6.07 Å². The van der Waals surface area contributed by atoms with Gasteiger partial charge in [0.15, 0.2) is 6.04 Å². The molecule has 0 radical (unpaired) electrons. The van der Waals surface area contributed by atoms with Gasteiger partial charge in [-0.05, 0) is 31.5 Å². The number of hydrogen-bond donors (Lipinski definition) is 3. The molecule has 1 saturated heterocycles. The second kappa shape index (κ2) is 8.05. The van der Waals surface area contributed by atoms with E-state index in [0.717, 1.165) is 25.9 Å². The molecule has 2 rings (SSSR count). The fourth-order valence-electron chi connectivity index (χ4n) is 2.29. The predicted octanol–water partition coefficient (Wildman–Crippen LogP) is 1.41. The van der Waals surface area contributed by atoms with Crippen LogP contribution in [0.3, 0.4) is 0 Å². The summed E-state index contributed by atoms with van der Waals surface area (Å²) in [6.07, 6.45) is 2.11. The standard InChI is InChI=1S/C15H20N2O3S/c18-13(10-21-12-6-8-16-9-7-12)17-14(15(19)20)11-4-2-1-3-5-11/h1-5,12,14,16H,6-10H2,(H,17,18)(H,19,20)/t14-/m0/s1. The van der Waals surface area contributed by atoms with Crippen molar-refractivity contribution in [3.05, 3.63) is 35.9 Å². The molecular formula is C15H20N2O3S. The molecule has 1 heterocycles. The Morgan fingerprint density at radius 2 is 1.95 bits per heavy atom. The molecular weight excluding hydrogens is 288 g/mol. The Hall–Kier alpha value is -1.53. The number of benzene rings is 1. The van der Waals surface area contributed by atoms with Crippen LogP contribution in [0.2, 0.25) is 0 Å². The summed E-state index contributed by atoms with van der Waals surface area (Å²) in [7, 11) is 0. The molecule has 1 aromatic rings. The summed E-state index contributed by atoms with van der Waals surface area (Å²) in [5.41, 5.74) is 0.588. The summed E-state index contributed by atoms with van der Waals surface area (Å²) in [5.74, 6) is -0.961. The Morgan fingerprint density at radius 3 is 2.57 bits per heavy atom. The maximum Gasteiger partial charge on any atom is 0.330 e. The number of amides is 1. The Labute approximate surface area is 128 Å². The molecule has 0 spiro atoms. The SMILES string of the molecule is O=C(CSC1CCNCC1)N[C@H](C(=O)O)c1ccccc1. The summed E-state index contributed by atoms with van der Waals surface area (Å²) >= 11 is 1.61. The fourth-order valence-corrected chi connectivity index (χ4v) is 3.33. The molecule has 1 aliphatic rings. The van der Waals surface area contributed by atoms with Gasteiger partial charge in [0.1, 0.15) is 0 Å². The first-order chi connectivity index (χ1) is 10.2. The number of carboxylic acid groups (broad SMARTS) is 1. The lowest BCUT2D eigenvalue weighted by Crippen LogP contribution is -2.36. The molecule has 0 unspecified atom stereocenters. The van der Waals surface area contributed by atoms with Gasteiger partial charge in [-0.1, -0.05) is 30.3 Å². The van der Waals surface area contributed by atoms with Gasteiger partial charge in [-0.25, -0.2) is 4.79 Å². The molecule has 6 heteroatoms. The second-order valence-corrected chi connectivity index (χ2v) is 6.30. The van der Waals surface area contributed by atoms with E-state index in [2.05, 4.69) is 10.6 Å². The van der Waals surface area contributed by atoms with Crippen molar-refractivity contribution < 1.29 is 14.7 Å². The molecule has 1 fully saturated rings. The van der Waals surface area contributed by atoms with Gasteiger partial charge in [-0.15, -0.1) is 11.8 Å². The number of rotatable bonds is 6. The van der Waals surface area contributed by atoms with E-state index < -0.39 is 12.0 Å². The predicted molar refractivity (Wildman–Crippen MR) is 83.3 cm³/mol. The minimum absolute atomic E-state index is 0.227. The molecule has 5 nitrogen and oxygen atoms in total. The van der Waals surface area contributed by atoms with E-state index in [-0.39, 0.29) is 5.91 Å². The maximum absolute atomic E-state index is 12.0. The number of carboxylic acids is 1. The molecule has 0 bridgehead atoms. The third-order valence-corrected chi connectivity index (χ3v) is 4.79. The van der Waals surface area contributed by atoms with Crippen molar-refractivity contribution in [3.8, 4) is 0 Å². The Kier molecular flexibility index (Phi) is 6.07. The average molecular weight is 308 g/mol. The van der Waals surface area contributed by atoms with Crippen molar-refractivity contribution in [2.45, 2.75) is 24.1 Å². The van der Waals surface area contributed by atoms with Crippen molar-refractivity contribution in [2.75, 3.05) is 18.8 Å². The van der Waals surface area contributed by atoms with Crippen LogP contribution in [0.4, 0.5) is 0 Å². The first-order valence-electron chi connectivity index (χ1n) is 7.06. The van der Waals surface area contributed by atoms with Gasteiger partial charge in [-0.2, -0.15) is 0 Å².